The fraction of sp³-hybridized carbons (Fsp3) is 0.833. The Hall–Kier alpha value is -1.09. The van der Waals surface area contributed by atoms with Crippen LogP contribution in [-0.4, -0.2) is 22.3 Å². The molecule has 3 saturated carbocycles. The summed E-state index contributed by atoms with van der Waals surface area (Å²) < 4.78 is 0. The van der Waals surface area contributed by atoms with Crippen molar-refractivity contribution >= 4 is 5.97 Å². The standard InChI is InChI=1S/C30H48O3/c1-19(9-8-10-20(2)26(32)33)21-13-17-29(6)22(21)11-12-24-28(5)16-15-25(31)27(3,4)23(28)14-18-30(24,29)7/h10-11,19,21,23-25,31H,8-9,12-18H2,1-7H3,(H,32,33)/b20-10+/t19-,21-,23+,24+,25+,28+,29+,30+/m1/s1. The lowest BCUT2D eigenvalue weighted by molar-refractivity contribution is -0.193. The lowest BCUT2D eigenvalue weighted by atomic mass is 9.37. The van der Waals surface area contributed by atoms with Gasteiger partial charge < -0.3 is 10.2 Å². The number of carboxylic acids is 1. The van der Waals surface area contributed by atoms with Gasteiger partial charge in [-0.3, -0.25) is 0 Å². The Balaban J connectivity index is 1.59. The van der Waals surface area contributed by atoms with Gasteiger partial charge in [0.15, 0.2) is 0 Å². The molecule has 8 atom stereocenters. The van der Waals surface area contributed by atoms with Crippen molar-refractivity contribution in [2.45, 2.75) is 112 Å². The number of rotatable bonds is 5. The molecule has 33 heavy (non-hydrogen) atoms. The van der Waals surface area contributed by atoms with Crippen molar-refractivity contribution < 1.29 is 15.0 Å². The third-order valence-electron chi connectivity index (χ3n) is 11.9. The van der Waals surface area contributed by atoms with Gasteiger partial charge in [-0.1, -0.05) is 59.3 Å². The van der Waals surface area contributed by atoms with Crippen LogP contribution in [0.15, 0.2) is 23.3 Å². The van der Waals surface area contributed by atoms with Crippen molar-refractivity contribution in [3.8, 4) is 0 Å². The molecule has 0 spiro atoms. The molecule has 4 aliphatic rings. The number of allylic oxidation sites excluding steroid dienone is 3. The maximum absolute atomic E-state index is 11.1. The van der Waals surface area contributed by atoms with Crippen LogP contribution < -0.4 is 0 Å². The maximum atomic E-state index is 11.1. The van der Waals surface area contributed by atoms with Gasteiger partial charge in [0.2, 0.25) is 0 Å². The van der Waals surface area contributed by atoms with Crippen LogP contribution in [0, 0.1) is 45.3 Å². The normalized spacial score (nSPS) is 45.5. The molecule has 0 bridgehead atoms. The molecule has 0 aromatic rings. The summed E-state index contributed by atoms with van der Waals surface area (Å²) in [6, 6.07) is 0. The summed E-state index contributed by atoms with van der Waals surface area (Å²) in [7, 11) is 0. The van der Waals surface area contributed by atoms with E-state index in [2.05, 4.69) is 47.6 Å². The Morgan fingerprint density at radius 3 is 2.45 bits per heavy atom. The van der Waals surface area contributed by atoms with E-state index in [-0.39, 0.29) is 16.9 Å². The highest BCUT2D eigenvalue weighted by Gasteiger charge is 2.66. The van der Waals surface area contributed by atoms with Gasteiger partial charge in [-0.05, 0) is 110 Å². The molecular formula is C30H48O3. The summed E-state index contributed by atoms with van der Waals surface area (Å²) in [5.74, 6) is 1.73. The van der Waals surface area contributed by atoms with Crippen LogP contribution >= 0.6 is 0 Å². The molecule has 0 unspecified atom stereocenters. The molecule has 3 nitrogen and oxygen atoms in total. The monoisotopic (exact) mass is 456 g/mol. The number of aliphatic carboxylic acids is 1. The molecule has 2 N–H and O–H groups in total. The number of carboxylic acid groups (broad SMARTS) is 1. The Bertz CT molecular complexity index is 853. The maximum Gasteiger partial charge on any atom is 0.330 e. The van der Waals surface area contributed by atoms with Gasteiger partial charge in [0.05, 0.1) is 6.10 Å². The Morgan fingerprint density at radius 1 is 1.09 bits per heavy atom. The smallest absolute Gasteiger partial charge is 0.330 e. The van der Waals surface area contributed by atoms with Crippen molar-refractivity contribution in [3.05, 3.63) is 23.3 Å². The molecule has 0 saturated heterocycles. The van der Waals surface area contributed by atoms with Gasteiger partial charge in [-0.15, -0.1) is 0 Å². The zero-order valence-corrected chi connectivity index (χ0v) is 22.2. The average Bonchev–Trinajstić information content (AvgIpc) is 3.09. The van der Waals surface area contributed by atoms with Crippen LogP contribution in [0.1, 0.15) is 106 Å². The van der Waals surface area contributed by atoms with Crippen molar-refractivity contribution in [1.82, 2.24) is 0 Å². The van der Waals surface area contributed by atoms with E-state index in [1.807, 2.05) is 6.08 Å². The molecule has 0 aromatic heterocycles. The number of hydrogen-bond donors (Lipinski definition) is 2. The van der Waals surface area contributed by atoms with Crippen LogP contribution in [0.2, 0.25) is 0 Å². The summed E-state index contributed by atoms with van der Waals surface area (Å²) in [4.78, 5) is 11.1. The molecule has 3 fully saturated rings. The molecule has 0 radical (unpaired) electrons. The van der Waals surface area contributed by atoms with Gasteiger partial charge >= 0.3 is 5.97 Å². The van der Waals surface area contributed by atoms with Gasteiger partial charge in [-0.2, -0.15) is 0 Å². The second-order valence-electron chi connectivity index (χ2n) is 13.6. The summed E-state index contributed by atoms with van der Waals surface area (Å²) in [6.45, 7) is 16.5. The minimum atomic E-state index is -0.799. The van der Waals surface area contributed by atoms with Crippen LogP contribution in [0.5, 0.6) is 0 Å². The topological polar surface area (TPSA) is 57.5 Å². The minimum Gasteiger partial charge on any atom is -0.478 e. The molecule has 186 valence electrons. The summed E-state index contributed by atoms with van der Waals surface area (Å²) in [5, 5.41) is 20.0. The highest BCUT2D eigenvalue weighted by atomic mass is 16.4. The molecule has 0 heterocycles. The summed E-state index contributed by atoms with van der Waals surface area (Å²) >= 11 is 0. The fourth-order valence-electron chi connectivity index (χ4n) is 9.56. The van der Waals surface area contributed by atoms with E-state index in [1.54, 1.807) is 12.5 Å². The largest absolute Gasteiger partial charge is 0.478 e. The van der Waals surface area contributed by atoms with Crippen molar-refractivity contribution in [1.29, 1.82) is 0 Å². The lowest BCUT2D eigenvalue weighted by Crippen LogP contribution is -2.62. The van der Waals surface area contributed by atoms with Crippen LogP contribution in [0.4, 0.5) is 0 Å². The number of fused-ring (bicyclic) bond motifs is 5. The molecule has 4 aliphatic carbocycles. The second-order valence-corrected chi connectivity index (χ2v) is 13.6. The first-order valence-corrected chi connectivity index (χ1v) is 13.6. The second kappa shape index (κ2) is 8.25. The first-order chi connectivity index (χ1) is 15.3. The van der Waals surface area contributed by atoms with E-state index >= 15 is 0 Å². The SMILES string of the molecule is C/C(=C\CC[C@@H](C)[C@H]1CC[C@@]2(C)C1=CC[C@H]1[C@@]3(C)CC[C@H](O)C(C)(C)[C@@H]3CC[C@@]12C)C(=O)O. The molecule has 0 aromatic carbocycles. The van der Waals surface area contributed by atoms with E-state index in [1.165, 1.54) is 32.1 Å². The third kappa shape index (κ3) is 3.58. The van der Waals surface area contributed by atoms with Gasteiger partial charge in [0.1, 0.15) is 0 Å². The first-order valence-electron chi connectivity index (χ1n) is 13.6. The van der Waals surface area contributed by atoms with E-state index in [0.717, 1.165) is 25.7 Å². The predicted octanol–water partition coefficient (Wildman–Crippen LogP) is 7.40. The Labute approximate surface area is 202 Å². The first kappa shape index (κ1) is 25.0. The molecule has 4 rings (SSSR count). The van der Waals surface area contributed by atoms with Gasteiger partial charge in [0, 0.05) is 5.57 Å². The summed E-state index contributed by atoms with van der Waals surface area (Å²) in [5.41, 5.74) is 3.11. The van der Waals surface area contributed by atoms with Crippen molar-refractivity contribution in [3.63, 3.8) is 0 Å². The molecule has 0 amide bonds. The van der Waals surface area contributed by atoms with Gasteiger partial charge in [-0.25, -0.2) is 4.79 Å². The van der Waals surface area contributed by atoms with Crippen molar-refractivity contribution in [2.24, 2.45) is 45.3 Å². The van der Waals surface area contributed by atoms with Crippen molar-refractivity contribution in [2.75, 3.05) is 0 Å². The molecular weight excluding hydrogens is 408 g/mol. The molecule has 3 heteroatoms. The fourth-order valence-corrected chi connectivity index (χ4v) is 9.56. The lowest BCUT2D eigenvalue weighted by Gasteiger charge is -2.68. The van der Waals surface area contributed by atoms with Crippen LogP contribution in [0.3, 0.4) is 0 Å². The number of aliphatic hydroxyl groups is 1. The quantitative estimate of drug-likeness (QED) is 0.335. The number of hydrogen-bond acceptors (Lipinski definition) is 2. The molecule has 0 aliphatic heterocycles. The third-order valence-corrected chi connectivity index (χ3v) is 11.9. The van der Waals surface area contributed by atoms with Gasteiger partial charge in [0.25, 0.3) is 0 Å². The van der Waals surface area contributed by atoms with E-state index in [0.29, 0.717) is 40.1 Å². The van der Waals surface area contributed by atoms with E-state index < -0.39 is 5.97 Å². The highest BCUT2D eigenvalue weighted by molar-refractivity contribution is 5.85. The Kier molecular flexibility index (Phi) is 6.25. The zero-order chi connectivity index (χ0) is 24.4. The number of aliphatic hydroxyl groups excluding tert-OH is 1. The Morgan fingerprint density at radius 2 is 1.79 bits per heavy atom. The zero-order valence-electron chi connectivity index (χ0n) is 22.2. The summed E-state index contributed by atoms with van der Waals surface area (Å²) in [6.07, 6.45) is 14.7. The minimum absolute atomic E-state index is 0.00749. The number of carbonyl (C=O) groups is 1. The predicted molar refractivity (Wildman–Crippen MR) is 135 cm³/mol. The van der Waals surface area contributed by atoms with E-state index in [9.17, 15) is 9.90 Å². The van der Waals surface area contributed by atoms with E-state index in [4.69, 9.17) is 5.11 Å². The average molecular weight is 457 g/mol. The highest BCUT2D eigenvalue weighted by Crippen LogP contribution is 2.74. The van der Waals surface area contributed by atoms with Crippen LogP contribution in [0.25, 0.3) is 0 Å². The van der Waals surface area contributed by atoms with Crippen LogP contribution in [-0.2, 0) is 4.79 Å².